The molecule has 32 heavy (non-hydrogen) atoms. The fourth-order valence-electron chi connectivity index (χ4n) is 4.46. The maximum atomic E-state index is 13.1. The molecular weight excluding hydrogens is 453 g/mol. The SMILES string of the molecule is CCc1c(C)c2c(c(OS(=O)(=O)C(F)(F)F)c1C/C=C1\CCCC1CC(=O)O)C(=O)OC2. The molecule has 1 saturated carbocycles. The average Bonchev–Trinajstić information content (AvgIpc) is 3.27. The van der Waals surface area contributed by atoms with Gasteiger partial charge in [0.05, 0.1) is 6.42 Å². The smallest absolute Gasteiger partial charge is 0.481 e. The quantitative estimate of drug-likeness (QED) is 0.272. The second kappa shape index (κ2) is 8.76. The lowest BCUT2D eigenvalue weighted by atomic mass is 9.88. The number of alkyl halides is 3. The van der Waals surface area contributed by atoms with Crippen LogP contribution in [0.5, 0.6) is 5.75 Å². The standard InChI is InChI=1S/C21H23F3O7S/c1-3-14-11(2)16-10-30-20(27)18(16)19(31-32(28,29)21(22,23)24)15(14)8-7-12-5-4-6-13(12)9-17(25)26/h7,13H,3-6,8-10H2,1-2H3,(H,25,26)/b12-7+. The third-order valence-electron chi connectivity index (χ3n) is 5.99. The lowest BCUT2D eigenvalue weighted by Crippen LogP contribution is -2.29. The van der Waals surface area contributed by atoms with Crippen LogP contribution in [-0.4, -0.2) is 31.0 Å². The van der Waals surface area contributed by atoms with Gasteiger partial charge in [-0.1, -0.05) is 18.6 Å². The Labute approximate surface area is 183 Å². The normalized spacial score (nSPS) is 19.8. The molecule has 2 aliphatic rings. The molecule has 1 heterocycles. The highest BCUT2D eigenvalue weighted by atomic mass is 32.2. The van der Waals surface area contributed by atoms with Gasteiger partial charge in [0, 0.05) is 11.1 Å². The lowest BCUT2D eigenvalue weighted by molar-refractivity contribution is -0.137. The summed E-state index contributed by atoms with van der Waals surface area (Å²) in [5, 5.41) is 9.11. The number of hydrogen-bond donors (Lipinski definition) is 1. The fraction of sp³-hybridized carbons (Fsp3) is 0.524. The molecule has 3 rings (SSSR count). The van der Waals surface area contributed by atoms with E-state index in [4.69, 9.17) is 9.84 Å². The van der Waals surface area contributed by atoms with Crippen molar-refractivity contribution in [3.63, 3.8) is 0 Å². The predicted octanol–water partition coefficient (Wildman–Crippen LogP) is 4.20. The number of carbonyl (C=O) groups excluding carboxylic acids is 1. The third-order valence-corrected chi connectivity index (χ3v) is 6.94. The van der Waals surface area contributed by atoms with Gasteiger partial charge >= 0.3 is 27.6 Å². The maximum Gasteiger partial charge on any atom is 0.534 e. The topological polar surface area (TPSA) is 107 Å². The van der Waals surface area contributed by atoms with Crippen LogP contribution in [0.2, 0.25) is 0 Å². The van der Waals surface area contributed by atoms with Crippen molar-refractivity contribution in [2.24, 2.45) is 5.92 Å². The highest BCUT2D eigenvalue weighted by molar-refractivity contribution is 7.88. The number of esters is 1. The van der Waals surface area contributed by atoms with Crippen molar-refractivity contribution < 1.29 is 45.2 Å². The molecule has 0 bridgehead atoms. The molecule has 11 heteroatoms. The molecule has 0 amide bonds. The van der Waals surface area contributed by atoms with E-state index in [2.05, 4.69) is 4.18 Å². The second-order valence-electron chi connectivity index (χ2n) is 7.85. The first-order chi connectivity index (χ1) is 14.9. The highest BCUT2D eigenvalue weighted by Gasteiger charge is 2.50. The van der Waals surface area contributed by atoms with Gasteiger partial charge in [-0.2, -0.15) is 21.6 Å². The number of carbonyl (C=O) groups is 2. The van der Waals surface area contributed by atoms with Crippen molar-refractivity contribution >= 4 is 22.1 Å². The van der Waals surface area contributed by atoms with E-state index in [0.717, 1.165) is 12.0 Å². The second-order valence-corrected chi connectivity index (χ2v) is 9.39. The summed E-state index contributed by atoms with van der Waals surface area (Å²) in [5.74, 6) is -2.75. The molecule has 1 unspecified atom stereocenters. The van der Waals surface area contributed by atoms with Crippen LogP contribution in [0.25, 0.3) is 0 Å². The number of hydrogen-bond acceptors (Lipinski definition) is 6. The molecular formula is C21H23F3O7S. The summed E-state index contributed by atoms with van der Waals surface area (Å²) in [7, 11) is -6.03. The molecule has 176 valence electrons. The van der Waals surface area contributed by atoms with Crippen LogP contribution in [0.1, 0.15) is 65.2 Å². The first kappa shape index (κ1) is 24.1. The van der Waals surface area contributed by atoms with Crippen LogP contribution in [0.4, 0.5) is 13.2 Å². The molecule has 0 aromatic heterocycles. The molecule has 1 aliphatic carbocycles. The van der Waals surface area contributed by atoms with Gasteiger partial charge in [0.1, 0.15) is 12.2 Å². The molecule has 7 nitrogen and oxygen atoms in total. The summed E-state index contributed by atoms with van der Waals surface area (Å²) in [4.78, 5) is 23.4. The van der Waals surface area contributed by atoms with Crippen LogP contribution in [0.3, 0.4) is 0 Å². The van der Waals surface area contributed by atoms with E-state index in [1.54, 1.807) is 19.9 Å². The number of aliphatic carboxylic acids is 1. The Balaban J connectivity index is 2.15. The van der Waals surface area contributed by atoms with E-state index in [1.807, 2.05) is 0 Å². The Bertz CT molecular complexity index is 1090. The molecule has 1 aliphatic heterocycles. The first-order valence-electron chi connectivity index (χ1n) is 10.1. The van der Waals surface area contributed by atoms with E-state index in [-0.39, 0.29) is 36.5 Å². The largest absolute Gasteiger partial charge is 0.534 e. The Hall–Kier alpha value is -2.56. The van der Waals surface area contributed by atoms with E-state index in [0.29, 0.717) is 36.0 Å². The lowest BCUT2D eigenvalue weighted by Gasteiger charge is -2.20. The molecule has 0 saturated heterocycles. The summed E-state index contributed by atoms with van der Waals surface area (Å²) >= 11 is 0. The van der Waals surface area contributed by atoms with Crippen molar-refractivity contribution in [3.05, 3.63) is 39.5 Å². The van der Waals surface area contributed by atoms with Gasteiger partial charge in [-0.15, -0.1) is 0 Å². The number of carboxylic acids is 1. The van der Waals surface area contributed by atoms with Crippen molar-refractivity contribution in [2.75, 3.05) is 0 Å². The number of ether oxygens (including phenoxy) is 1. The summed E-state index contributed by atoms with van der Waals surface area (Å²) in [6, 6.07) is 0. The minimum Gasteiger partial charge on any atom is -0.481 e. The van der Waals surface area contributed by atoms with Crippen LogP contribution < -0.4 is 4.18 Å². The van der Waals surface area contributed by atoms with Gasteiger partial charge in [0.2, 0.25) is 0 Å². The first-order valence-corrected chi connectivity index (χ1v) is 11.5. The minimum atomic E-state index is -6.03. The van der Waals surface area contributed by atoms with Crippen molar-refractivity contribution in [2.45, 2.75) is 64.5 Å². The number of cyclic esters (lactones) is 1. The number of carboxylic acid groups (broad SMARTS) is 1. The molecule has 1 aromatic carbocycles. The van der Waals surface area contributed by atoms with Crippen LogP contribution in [0, 0.1) is 12.8 Å². The number of benzene rings is 1. The van der Waals surface area contributed by atoms with Crippen LogP contribution in [0.15, 0.2) is 11.6 Å². The van der Waals surface area contributed by atoms with Gasteiger partial charge in [-0.05, 0) is 56.1 Å². The van der Waals surface area contributed by atoms with Gasteiger partial charge in [0.25, 0.3) is 0 Å². The summed E-state index contributed by atoms with van der Waals surface area (Å²) in [6.45, 7) is 3.27. The Morgan fingerprint density at radius 1 is 1.31 bits per heavy atom. The van der Waals surface area contributed by atoms with Crippen molar-refractivity contribution in [1.29, 1.82) is 0 Å². The van der Waals surface area contributed by atoms with E-state index >= 15 is 0 Å². The van der Waals surface area contributed by atoms with Crippen molar-refractivity contribution in [3.8, 4) is 5.75 Å². The van der Waals surface area contributed by atoms with Crippen LogP contribution >= 0.6 is 0 Å². The third kappa shape index (κ3) is 4.48. The number of rotatable bonds is 7. The number of allylic oxidation sites excluding steroid dienone is 2. The van der Waals surface area contributed by atoms with E-state index < -0.39 is 33.3 Å². The number of fused-ring (bicyclic) bond motifs is 1. The predicted molar refractivity (Wildman–Crippen MR) is 107 cm³/mol. The summed E-state index contributed by atoms with van der Waals surface area (Å²) in [5.41, 5.74) is -3.47. The molecule has 0 spiro atoms. The zero-order valence-corrected chi connectivity index (χ0v) is 18.4. The Morgan fingerprint density at radius 3 is 2.59 bits per heavy atom. The van der Waals surface area contributed by atoms with E-state index in [1.165, 1.54) is 0 Å². The molecule has 1 aromatic rings. The molecule has 1 atom stereocenters. The van der Waals surface area contributed by atoms with Crippen LogP contribution in [-0.2, 0) is 39.1 Å². The molecule has 0 radical (unpaired) electrons. The van der Waals surface area contributed by atoms with Gasteiger partial charge in [-0.25, -0.2) is 4.79 Å². The van der Waals surface area contributed by atoms with Crippen molar-refractivity contribution in [1.82, 2.24) is 0 Å². The minimum absolute atomic E-state index is 0.00125. The highest BCUT2D eigenvalue weighted by Crippen LogP contribution is 2.42. The monoisotopic (exact) mass is 476 g/mol. The zero-order chi connectivity index (χ0) is 23.8. The molecule has 1 N–H and O–H groups in total. The summed E-state index contributed by atoms with van der Waals surface area (Å²) < 4.78 is 72.3. The van der Waals surface area contributed by atoms with Gasteiger partial charge in [-0.3, -0.25) is 4.79 Å². The maximum absolute atomic E-state index is 13.1. The Morgan fingerprint density at radius 2 is 2.00 bits per heavy atom. The fourth-order valence-corrected chi connectivity index (χ4v) is 4.96. The average molecular weight is 476 g/mol. The molecule has 1 fully saturated rings. The van der Waals surface area contributed by atoms with Gasteiger partial charge < -0.3 is 14.0 Å². The summed E-state index contributed by atoms with van der Waals surface area (Å²) in [6.07, 6.45) is 4.11. The number of halogens is 3. The zero-order valence-electron chi connectivity index (χ0n) is 17.5. The Kier molecular flexibility index (Phi) is 6.60. The van der Waals surface area contributed by atoms with Gasteiger partial charge in [0.15, 0.2) is 5.75 Å². The van der Waals surface area contributed by atoms with E-state index in [9.17, 15) is 31.2 Å².